The SMILES string of the molecule is CCCCCCCCC(CCCc1cccc(C(F)(F)F)c1)C(O)(C(C)C)C(C)C. The van der Waals surface area contributed by atoms with Crippen molar-refractivity contribution in [3.8, 4) is 0 Å². The first-order valence-corrected chi connectivity index (χ1v) is 11.9. The summed E-state index contributed by atoms with van der Waals surface area (Å²) >= 11 is 0. The largest absolute Gasteiger partial charge is 0.416 e. The number of rotatable bonds is 14. The van der Waals surface area contributed by atoms with Crippen LogP contribution in [0.2, 0.25) is 0 Å². The van der Waals surface area contributed by atoms with Gasteiger partial charge in [-0.25, -0.2) is 0 Å². The predicted octanol–water partition coefficient (Wildman–Crippen LogP) is 8.44. The highest BCUT2D eigenvalue weighted by Gasteiger charge is 2.41. The third kappa shape index (κ3) is 8.24. The third-order valence-electron chi connectivity index (χ3n) is 6.68. The monoisotopic (exact) mass is 428 g/mol. The summed E-state index contributed by atoms with van der Waals surface area (Å²) < 4.78 is 38.9. The van der Waals surface area contributed by atoms with E-state index in [1.807, 2.05) is 0 Å². The van der Waals surface area contributed by atoms with E-state index in [4.69, 9.17) is 0 Å². The van der Waals surface area contributed by atoms with Gasteiger partial charge in [-0.3, -0.25) is 0 Å². The molecule has 0 amide bonds. The lowest BCUT2D eigenvalue weighted by molar-refractivity contribution is -0.137. The highest BCUT2D eigenvalue weighted by Crippen LogP contribution is 2.39. The molecule has 0 heterocycles. The predicted molar refractivity (Wildman–Crippen MR) is 120 cm³/mol. The molecule has 1 aromatic rings. The van der Waals surface area contributed by atoms with Gasteiger partial charge < -0.3 is 5.11 Å². The molecule has 174 valence electrons. The molecule has 0 spiro atoms. The normalized spacial score (nSPS) is 14.0. The summed E-state index contributed by atoms with van der Waals surface area (Å²) in [6.07, 6.45) is 6.28. The Morgan fingerprint density at radius 1 is 0.833 bits per heavy atom. The van der Waals surface area contributed by atoms with Crippen molar-refractivity contribution in [2.45, 2.75) is 111 Å². The lowest BCUT2D eigenvalue weighted by atomic mass is 9.68. The topological polar surface area (TPSA) is 20.2 Å². The fraction of sp³-hybridized carbons (Fsp3) is 0.769. The first-order valence-electron chi connectivity index (χ1n) is 11.9. The van der Waals surface area contributed by atoms with Crippen molar-refractivity contribution in [1.82, 2.24) is 0 Å². The molecular formula is C26H43F3O. The van der Waals surface area contributed by atoms with Gasteiger partial charge >= 0.3 is 6.18 Å². The zero-order valence-electron chi connectivity index (χ0n) is 19.7. The van der Waals surface area contributed by atoms with Crippen molar-refractivity contribution in [3.05, 3.63) is 35.4 Å². The highest BCUT2D eigenvalue weighted by molar-refractivity contribution is 5.25. The minimum absolute atomic E-state index is 0.149. The van der Waals surface area contributed by atoms with Crippen molar-refractivity contribution in [2.75, 3.05) is 0 Å². The van der Waals surface area contributed by atoms with Crippen molar-refractivity contribution < 1.29 is 18.3 Å². The molecule has 0 fully saturated rings. The van der Waals surface area contributed by atoms with Crippen molar-refractivity contribution >= 4 is 0 Å². The maximum atomic E-state index is 13.0. The minimum atomic E-state index is -4.30. The van der Waals surface area contributed by atoms with E-state index in [2.05, 4.69) is 34.6 Å². The number of hydrogen-bond donors (Lipinski definition) is 1. The lowest BCUT2D eigenvalue weighted by Gasteiger charge is -2.43. The number of unbranched alkanes of at least 4 members (excludes halogenated alkanes) is 5. The van der Waals surface area contributed by atoms with Crippen LogP contribution in [0.1, 0.15) is 104 Å². The smallest absolute Gasteiger partial charge is 0.389 e. The Kier molecular flexibility index (Phi) is 11.5. The van der Waals surface area contributed by atoms with Crippen LogP contribution in [-0.4, -0.2) is 10.7 Å². The number of aryl methyl sites for hydroxylation is 1. The standard InChI is InChI=1S/C26H43F3O/c1-6-7-8-9-10-11-16-23(25(30,20(2)3)21(4)5)17-12-14-22-15-13-18-24(19-22)26(27,28)29/h13,15,18-21,23,30H,6-12,14,16-17H2,1-5H3. The van der Waals surface area contributed by atoms with Crippen LogP contribution in [0.4, 0.5) is 13.2 Å². The van der Waals surface area contributed by atoms with Gasteiger partial charge in [-0.15, -0.1) is 0 Å². The molecule has 0 saturated carbocycles. The Balaban J connectivity index is 2.75. The van der Waals surface area contributed by atoms with E-state index in [-0.39, 0.29) is 17.8 Å². The maximum Gasteiger partial charge on any atom is 0.416 e. The van der Waals surface area contributed by atoms with Gasteiger partial charge in [0.15, 0.2) is 0 Å². The zero-order valence-corrected chi connectivity index (χ0v) is 19.7. The van der Waals surface area contributed by atoms with Gasteiger partial charge in [-0.2, -0.15) is 13.2 Å². The molecule has 1 aromatic carbocycles. The molecule has 1 nitrogen and oxygen atoms in total. The van der Waals surface area contributed by atoms with E-state index < -0.39 is 17.3 Å². The van der Waals surface area contributed by atoms with Crippen LogP contribution >= 0.6 is 0 Å². The van der Waals surface area contributed by atoms with Gasteiger partial charge in [-0.1, -0.05) is 91.3 Å². The summed E-state index contributed by atoms with van der Waals surface area (Å²) in [6.45, 7) is 10.6. The Hall–Kier alpha value is -1.03. The lowest BCUT2D eigenvalue weighted by Crippen LogP contribution is -2.47. The third-order valence-corrected chi connectivity index (χ3v) is 6.68. The molecular weight excluding hydrogens is 385 g/mol. The van der Waals surface area contributed by atoms with Crippen molar-refractivity contribution in [2.24, 2.45) is 17.8 Å². The fourth-order valence-corrected chi connectivity index (χ4v) is 4.84. The second-order valence-electron chi connectivity index (χ2n) is 9.54. The first kappa shape index (κ1) is 27.0. The van der Waals surface area contributed by atoms with Crippen LogP contribution in [-0.2, 0) is 12.6 Å². The van der Waals surface area contributed by atoms with Crippen LogP contribution in [0.25, 0.3) is 0 Å². The zero-order chi connectivity index (χ0) is 22.8. The molecule has 0 bridgehead atoms. The molecule has 0 saturated heterocycles. The van der Waals surface area contributed by atoms with Crippen LogP contribution < -0.4 is 0 Å². The molecule has 0 aliphatic heterocycles. The van der Waals surface area contributed by atoms with Crippen LogP contribution in [0.15, 0.2) is 24.3 Å². The molecule has 0 aromatic heterocycles. The average molecular weight is 429 g/mol. The Labute approximate surface area is 182 Å². The number of aliphatic hydroxyl groups is 1. The summed E-state index contributed by atoms with van der Waals surface area (Å²) in [4.78, 5) is 0. The van der Waals surface area contributed by atoms with Gasteiger partial charge in [-0.05, 0) is 55.1 Å². The summed E-state index contributed by atoms with van der Waals surface area (Å²) in [5.74, 6) is 0.474. The van der Waals surface area contributed by atoms with Gasteiger partial charge in [0.1, 0.15) is 0 Å². The molecule has 4 heteroatoms. The van der Waals surface area contributed by atoms with E-state index in [1.54, 1.807) is 6.07 Å². The van der Waals surface area contributed by atoms with E-state index >= 15 is 0 Å². The summed E-state index contributed by atoms with van der Waals surface area (Å²) in [5, 5.41) is 11.6. The quantitative estimate of drug-likeness (QED) is 0.295. The molecule has 0 aliphatic carbocycles. The molecule has 1 N–H and O–H groups in total. The second kappa shape index (κ2) is 12.7. The summed E-state index contributed by atoms with van der Waals surface area (Å²) in [7, 11) is 0. The molecule has 1 unspecified atom stereocenters. The van der Waals surface area contributed by atoms with E-state index in [0.717, 1.165) is 37.3 Å². The van der Waals surface area contributed by atoms with Gasteiger partial charge in [0, 0.05) is 0 Å². The van der Waals surface area contributed by atoms with Crippen LogP contribution in [0, 0.1) is 17.8 Å². The second-order valence-corrected chi connectivity index (χ2v) is 9.54. The number of alkyl halides is 3. The van der Waals surface area contributed by atoms with E-state index in [0.29, 0.717) is 6.42 Å². The van der Waals surface area contributed by atoms with Crippen LogP contribution in [0.3, 0.4) is 0 Å². The number of hydrogen-bond acceptors (Lipinski definition) is 1. The molecule has 0 aliphatic rings. The molecule has 1 atom stereocenters. The van der Waals surface area contributed by atoms with Crippen LogP contribution in [0.5, 0.6) is 0 Å². The van der Waals surface area contributed by atoms with E-state index in [9.17, 15) is 18.3 Å². The summed E-state index contributed by atoms with van der Waals surface area (Å²) in [6, 6.07) is 5.65. The van der Waals surface area contributed by atoms with Crippen molar-refractivity contribution in [3.63, 3.8) is 0 Å². The Morgan fingerprint density at radius 2 is 1.40 bits per heavy atom. The Bertz CT molecular complexity index is 584. The minimum Gasteiger partial charge on any atom is -0.389 e. The average Bonchev–Trinajstić information content (AvgIpc) is 2.67. The van der Waals surface area contributed by atoms with Gasteiger partial charge in [0.2, 0.25) is 0 Å². The van der Waals surface area contributed by atoms with Gasteiger partial charge in [0.25, 0.3) is 0 Å². The Morgan fingerprint density at radius 3 is 1.97 bits per heavy atom. The highest BCUT2D eigenvalue weighted by atomic mass is 19.4. The number of benzene rings is 1. The first-order chi connectivity index (χ1) is 14.0. The molecule has 30 heavy (non-hydrogen) atoms. The molecule has 0 radical (unpaired) electrons. The van der Waals surface area contributed by atoms with E-state index in [1.165, 1.54) is 44.2 Å². The van der Waals surface area contributed by atoms with Crippen molar-refractivity contribution in [1.29, 1.82) is 0 Å². The maximum absolute atomic E-state index is 13.0. The van der Waals surface area contributed by atoms with Gasteiger partial charge in [0.05, 0.1) is 11.2 Å². The summed E-state index contributed by atoms with van der Waals surface area (Å²) in [5.41, 5.74) is -0.595. The fourth-order valence-electron chi connectivity index (χ4n) is 4.84. The molecule has 1 rings (SSSR count). The number of halogens is 3.